The van der Waals surface area contributed by atoms with Crippen LogP contribution in [0.3, 0.4) is 0 Å². The van der Waals surface area contributed by atoms with Crippen molar-refractivity contribution in [1.82, 2.24) is 29.7 Å². The zero-order valence-electron chi connectivity index (χ0n) is 12.3. The molecule has 0 N–H and O–H groups in total. The molecule has 0 aliphatic carbocycles. The number of pyridine rings is 1. The number of thiazole rings is 1. The molecule has 0 aliphatic rings. The predicted octanol–water partition coefficient (Wildman–Crippen LogP) is 3.16. The van der Waals surface area contributed by atoms with Crippen LogP contribution in [0, 0.1) is 6.92 Å². The first-order chi connectivity index (χ1) is 11.3. The van der Waals surface area contributed by atoms with E-state index >= 15 is 0 Å². The summed E-state index contributed by atoms with van der Waals surface area (Å²) >= 11 is 1.61. The molecule has 23 heavy (non-hydrogen) atoms. The minimum absolute atomic E-state index is 0.545. The number of hydrogen-bond donors (Lipinski definition) is 0. The van der Waals surface area contributed by atoms with Gasteiger partial charge in [-0.15, -0.1) is 11.3 Å². The molecule has 112 valence electrons. The van der Waals surface area contributed by atoms with Gasteiger partial charge in [0.2, 0.25) is 0 Å². The Morgan fingerprint density at radius 2 is 1.87 bits per heavy atom. The molecule has 4 aromatic heterocycles. The molecule has 0 amide bonds. The summed E-state index contributed by atoms with van der Waals surface area (Å²) in [5, 5.41) is 5.28. The second kappa shape index (κ2) is 5.69. The molecule has 0 radical (unpaired) electrons. The van der Waals surface area contributed by atoms with Crippen LogP contribution >= 0.6 is 11.3 Å². The van der Waals surface area contributed by atoms with Gasteiger partial charge >= 0.3 is 0 Å². The molecule has 0 saturated heterocycles. The second-order valence-corrected chi connectivity index (χ2v) is 5.85. The quantitative estimate of drug-likeness (QED) is 0.580. The van der Waals surface area contributed by atoms with E-state index in [-0.39, 0.29) is 0 Å². The minimum atomic E-state index is 0.545. The highest BCUT2D eigenvalue weighted by Crippen LogP contribution is 2.35. The van der Waals surface area contributed by atoms with Gasteiger partial charge in [0, 0.05) is 30.4 Å². The van der Waals surface area contributed by atoms with Crippen LogP contribution in [-0.4, -0.2) is 29.7 Å². The Kier molecular flexibility index (Phi) is 3.39. The zero-order chi connectivity index (χ0) is 15.6. The van der Waals surface area contributed by atoms with Gasteiger partial charge < -0.3 is 0 Å². The van der Waals surface area contributed by atoms with Gasteiger partial charge in [0.15, 0.2) is 0 Å². The highest BCUT2D eigenvalue weighted by Gasteiger charge is 2.16. The van der Waals surface area contributed by atoms with Crippen molar-refractivity contribution in [3.8, 4) is 27.1 Å². The standard InChI is InChI=1S/C16H12N6S/c1-11-14(23-15(21-11)12-4-2-6-17-10-12)13-5-9-20-22(13)16-18-7-3-8-19-16/h2-10H,1H3. The Bertz CT molecular complexity index is 930. The number of hydrogen-bond acceptors (Lipinski definition) is 6. The number of aromatic nitrogens is 6. The fraction of sp³-hybridized carbons (Fsp3) is 0.0625. The summed E-state index contributed by atoms with van der Waals surface area (Å²) in [6.07, 6.45) is 8.73. The number of nitrogens with zero attached hydrogens (tertiary/aromatic N) is 6. The van der Waals surface area contributed by atoms with Crippen molar-refractivity contribution >= 4 is 11.3 Å². The molecule has 0 bridgehead atoms. The maximum Gasteiger partial charge on any atom is 0.251 e. The lowest BCUT2D eigenvalue weighted by atomic mass is 10.3. The van der Waals surface area contributed by atoms with Crippen molar-refractivity contribution in [1.29, 1.82) is 0 Å². The first-order valence-corrected chi connectivity index (χ1v) is 7.84. The molecule has 4 aromatic rings. The molecular weight excluding hydrogens is 308 g/mol. The lowest BCUT2D eigenvalue weighted by Crippen LogP contribution is -2.03. The topological polar surface area (TPSA) is 69.4 Å². The van der Waals surface area contributed by atoms with Crippen LogP contribution in [-0.2, 0) is 0 Å². The monoisotopic (exact) mass is 320 g/mol. The maximum absolute atomic E-state index is 4.67. The van der Waals surface area contributed by atoms with Gasteiger partial charge in [0.25, 0.3) is 5.95 Å². The summed E-state index contributed by atoms with van der Waals surface area (Å²) < 4.78 is 1.73. The van der Waals surface area contributed by atoms with E-state index in [4.69, 9.17) is 0 Å². The molecule has 4 rings (SSSR count). The maximum atomic E-state index is 4.67. The third kappa shape index (κ3) is 2.51. The third-order valence-corrected chi connectivity index (χ3v) is 4.55. The molecule has 7 heteroatoms. The number of rotatable bonds is 3. The fourth-order valence-corrected chi connectivity index (χ4v) is 3.35. The van der Waals surface area contributed by atoms with E-state index in [1.807, 2.05) is 31.3 Å². The van der Waals surface area contributed by atoms with Gasteiger partial charge in [-0.05, 0) is 31.2 Å². The van der Waals surface area contributed by atoms with Crippen molar-refractivity contribution < 1.29 is 0 Å². The highest BCUT2D eigenvalue weighted by atomic mass is 32.1. The van der Waals surface area contributed by atoms with E-state index in [9.17, 15) is 0 Å². The normalized spacial score (nSPS) is 10.8. The molecule has 0 atom stereocenters. The van der Waals surface area contributed by atoms with E-state index < -0.39 is 0 Å². The molecule has 0 aliphatic heterocycles. The van der Waals surface area contributed by atoms with Gasteiger partial charge in [-0.25, -0.2) is 15.0 Å². The lowest BCUT2D eigenvalue weighted by molar-refractivity contribution is 0.815. The molecule has 0 aromatic carbocycles. The van der Waals surface area contributed by atoms with Gasteiger partial charge in [0.05, 0.1) is 22.5 Å². The Morgan fingerprint density at radius 3 is 2.65 bits per heavy atom. The van der Waals surface area contributed by atoms with E-state index in [1.165, 1.54) is 0 Å². The average molecular weight is 320 g/mol. The van der Waals surface area contributed by atoms with Crippen molar-refractivity contribution in [2.24, 2.45) is 0 Å². The number of aryl methyl sites for hydroxylation is 1. The van der Waals surface area contributed by atoms with Gasteiger partial charge in [0.1, 0.15) is 5.01 Å². The minimum Gasteiger partial charge on any atom is -0.264 e. The Labute approximate surface area is 136 Å². The van der Waals surface area contributed by atoms with Crippen LogP contribution in [0.15, 0.2) is 55.2 Å². The van der Waals surface area contributed by atoms with E-state index in [0.29, 0.717) is 5.95 Å². The van der Waals surface area contributed by atoms with Crippen molar-refractivity contribution in [3.05, 3.63) is 60.9 Å². The zero-order valence-corrected chi connectivity index (χ0v) is 13.1. The predicted molar refractivity (Wildman–Crippen MR) is 88.2 cm³/mol. The lowest BCUT2D eigenvalue weighted by Gasteiger charge is -2.03. The van der Waals surface area contributed by atoms with Crippen LogP contribution in [0.2, 0.25) is 0 Å². The summed E-state index contributed by atoms with van der Waals surface area (Å²) in [6, 6.07) is 7.65. The van der Waals surface area contributed by atoms with E-state index in [1.54, 1.807) is 46.9 Å². The Hall–Kier alpha value is -2.93. The van der Waals surface area contributed by atoms with Crippen LogP contribution in [0.25, 0.3) is 27.1 Å². The molecular formula is C16H12N6S. The molecule has 0 saturated carbocycles. The highest BCUT2D eigenvalue weighted by molar-refractivity contribution is 7.18. The van der Waals surface area contributed by atoms with Gasteiger partial charge in [-0.3, -0.25) is 4.98 Å². The smallest absolute Gasteiger partial charge is 0.251 e. The molecule has 4 heterocycles. The Morgan fingerprint density at radius 1 is 1.00 bits per heavy atom. The largest absolute Gasteiger partial charge is 0.264 e. The van der Waals surface area contributed by atoms with Gasteiger partial charge in [-0.1, -0.05) is 0 Å². The molecule has 0 unspecified atom stereocenters. The average Bonchev–Trinajstić information content (AvgIpc) is 3.23. The fourth-order valence-electron chi connectivity index (χ4n) is 2.28. The van der Waals surface area contributed by atoms with Crippen LogP contribution < -0.4 is 0 Å². The van der Waals surface area contributed by atoms with Crippen LogP contribution in [0.1, 0.15) is 5.69 Å². The third-order valence-electron chi connectivity index (χ3n) is 3.32. The van der Waals surface area contributed by atoms with Gasteiger partial charge in [-0.2, -0.15) is 9.78 Å². The summed E-state index contributed by atoms with van der Waals surface area (Å²) in [5.41, 5.74) is 2.89. The summed E-state index contributed by atoms with van der Waals surface area (Å²) in [7, 11) is 0. The molecule has 0 fully saturated rings. The SMILES string of the molecule is Cc1nc(-c2cccnc2)sc1-c1ccnn1-c1ncccn1. The molecule has 6 nitrogen and oxygen atoms in total. The van der Waals surface area contributed by atoms with E-state index in [0.717, 1.165) is 26.8 Å². The van der Waals surface area contributed by atoms with Crippen LogP contribution in [0.5, 0.6) is 0 Å². The van der Waals surface area contributed by atoms with Crippen LogP contribution in [0.4, 0.5) is 0 Å². The van der Waals surface area contributed by atoms with E-state index in [2.05, 4.69) is 25.0 Å². The summed E-state index contributed by atoms with van der Waals surface area (Å²) in [4.78, 5) is 18.4. The van der Waals surface area contributed by atoms with Crippen molar-refractivity contribution in [2.45, 2.75) is 6.92 Å². The molecule has 0 spiro atoms. The summed E-state index contributed by atoms with van der Waals surface area (Å²) in [6.45, 7) is 1.99. The first-order valence-electron chi connectivity index (χ1n) is 7.02. The Balaban J connectivity index is 1.81. The summed E-state index contributed by atoms with van der Waals surface area (Å²) in [5.74, 6) is 0.545. The first kappa shape index (κ1) is 13.7. The van der Waals surface area contributed by atoms with Crippen molar-refractivity contribution in [2.75, 3.05) is 0 Å². The second-order valence-electron chi connectivity index (χ2n) is 4.85. The van der Waals surface area contributed by atoms with Crippen molar-refractivity contribution in [3.63, 3.8) is 0 Å².